The van der Waals surface area contributed by atoms with Gasteiger partial charge >= 0.3 is 5.97 Å². The molecular weight excluding hydrogens is 254 g/mol. The predicted molar refractivity (Wildman–Crippen MR) is 79.0 cm³/mol. The Morgan fingerprint density at radius 3 is 2.65 bits per heavy atom. The van der Waals surface area contributed by atoms with Crippen molar-refractivity contribution in [3.8, 4) is 5.75 Å². The largest absolute Gasteiger partial charge is 0.488 e. The van der Waals surface area contributed by atoms with Crippen molar-refractivity contribution in [3.63, 3.8) is 0 Å². The van der Waals surface area contributed by atoms with E-state index in [1.807, 2.05) is 37.3 Å². The van der Waals surface area contributed by atoms with E-state index in [2.05, 4.69) is 0 Å². The first-order chi connectivity index (χ1) is 9.71. The van der Waals surface area contributed by atoms with Crippen LogP contribution < -0.4 is 10.5 Å². The third kappa shape index (κ3) is 2.75. The highest BCUT2D eigenvalue weighted by molar-refractivity contribution is 6.07. The van der Waals surface area contributed by atoms with Gasteiger partial charge in [-0.05, 0) is 23.3 Å². The van der Waals surface area contributed by atoms with Gasteiger partial charge in [-0.25, -0.2) is 4.79 Å². The molecule has 2 aromatic rings. The number of rotatable bonds is 5. The van der Waals surface area contributed by atoms with Gasteiger partial charge in [-0.2, -0.15) is 0 Å². The molecule has 0 spiro atoms. The van der Waals surface area contributed by atoms with Crippen LogP contribution >= 0.6 is 0 Å². The van der Waals surface area contributed by atoms with E-state index in [9.17, 15) is 4.79 Å². The number of hydrogen-bond donors (Lipinski definition) is 1. The highest BCUT2D eigenvalue weighted by Crippen LogP contribution is 2.29. The molecule has 0 aromatic heterocycles. The maximum Gasteiger partial charge on any atom is 0.342 e. The fourth-order valence-corrected chi connectivity index (χ4v) is 2.14. The van der Waals surface area contributed by atoms with E-state index in [0.717, 1.165) is 17.2 Å². The maximum absolute atomic E-state index is 12.1. The molecule has 20 heavy (non-hydrogen) atoms. The first-order valence-corrected chi connectivity index (χ1v) is 6.68. The molecule has 2 N–H and O–H groups in total. The number of fused-ring (bicyclic) bond motifs is 1. The molecule has 0 bridgehead atoms. The topological polar surface area (TPSA) is 61.5 Å². The average molecular weight is 273 g/mol. The SMILES string of the molecule is CC[C@H](CN)Oc1ccc2ccccc2c1C(=O)OC. The Labute approximate surface area is 118 Å². The summed E-state index contributed by atoms with van der Waals surface area (Å²) < 4.78 is 10.7. The molecule has 0 saturated carbocycles. The van der Waals surface area contributed by atoms with Gasteiger partial charge in [-0.1, -0.05) is 37.3 Å². The van der Waals surface area contributed by atoms with Crippen LogP contribution in [0.25, 0.3) is 10.8 Å². The number of carbonyl (C=O) groups is 1. The number of esters is 1. The van der Waals surface area contributed by atoms with Gasteiger partial charge in [0.05, 0.1) is 7.11 Å². The lowest BCUT2D eigenvalue weighted by molar-refractivity contribution is 0.0595. The van der Waals surface area contributed by atoms with Gasteiger partial charge in [0.2, 0.25) is 0 Å². The summed E-state index contributed by atoms with van der Waals surface area (Å²) in [7, 11) is 1.37. The minimum atomic E-state index is -0.399. The number of nitrogens with two attached hydrogens (primary N) is 1. The smallest absolute Gasteiger partial charge is 0.342 e. The van der Waals surface area contributed by atoms with Crippen LogP contribution in [0.4, 0.5) is 0 Å². The minimum absolute atomic E-state index is 0.112. The summed E-state index contributed by atoms with van der Waals surface area (Å²) in [6.45, 7) is 2.40. The van der Waals surface area contributed by atoms with Gasteiger partial charge in [0.1, 0.15) is 17.4 Å². The lowest BCUT2D eigenvalue weighted by Gasteiger charge is -2.18. The molecule has 0 amide bonds. The van der Waals surface area contributed by atoms with E-state index in [4.69, 9.17) is 15.2 Å². The average Bonchev–Trinajstić information content (AvgIpc) is 2.51. The summed E-state index contributed by atoms with van der Waals surface area (Å²) in [6, 6.07) is 11.4. The fourth-order valence-electron chi connectivity index (χ4n) is 2.14. The van der Waals surface area contributed by atoms with E-state index in [1.54, 1.807) is 6.07 Å². The van der Waals surface area contributed by atoms with Gasteiger partial charge < -0.3 is 15.2 Å². The van der Waals surface area contributed by atoms with Gasteiger partial charge in [0.25, 0.3) is 0 Å². The number of carbonyl (C=O) groups excluding carboxylic acids is 1. The highest BCUT2D eigenvalue weighted by atomic mass is 16.5. The van der Waals surface area contributed by atoms with E-state index in [-0.39, 0.29) is 6.10 Å². The van der Waals surface area contributed by atoms with Crippen molar-refractivity contribution in [2.45, 2.75) is 19.4 Å². The van der Waals surface area contributed by atoms with Crippen LogP contribution in [0.2, 0.25) is 0 Å². The Morgan fingerprint density at radius 1 is 1.25 bits per heavy atom. The lowest BCUT2D eigenvalue weighted by Crippen LogP contribution is -2.26. The van der Waals surface area contributed by atoms with Crippen LogP contribution in [0.5, 0.6) is 5.75 Å². The fraction of sp³-hybridized carbons (Fsp3) is 0.312. The second-order valence-electron chi connectivity index (χ2n) is 4.54. The van der Waals surface area contributed by atoms with E-state index in [1.165, 1.54) is 7.11 Å². The third-order valence-electron chi connectivity index (χ3n) is 3.29. The molecule has 0 unspecified atom stereocenters. The summed E-state index contributed by atoms with van der Waals surface area (Å²) in [4.78, 5) is 12.1. The summed E-state index contributed by atoms with van der Waals surface area (Å²) >= 11 is 0. The van der Waals surface area contributed by atoms with Gasteiger partial charge in [0.15, 0.2) is 0 Å². The molecule has 0 aliphatic carbocycles. The van der Waals surface area contributed by atoms with E-state index >= 15 is 0 Å². The van der Waals surface area contributed by atoms with Crippen molar-refractivity contribution in [3.05, 3.63) is 42.0 Å². The van der Waals surface area contributed by atoms with Crippen molar-refractivity contribution in [2.75, 3.05) is 13.7 Å². The minimum Gasteiger partial charge on any atom is -0.488 e. The summed E-state index contributed by atoms with van der Waals surface area (Å²) in [5, 5.41) is 1.80. The van der Waals surface area contributed by atoms with Crippen molar-refractivity contribution < 1.29 is 14.3 Å². The zero-order valence-electron chi connectivity index (χ0n) is 11.8. The monoisotopic (exact) mass is 273 g/mol. The summed E-state index contributed by atoms with van der Waals surface area (Å²) in [6.07, 6.45) is 0.670. The van der Waals surface area contributed by atoms with Crippen molar-refractivity contribution in [1.82, 2.24) is 0 Å². The normalized spacial score (nSPS) is 12.2. The predicted octanol–water partition coefficient (Wildman–Crippen LogP) is 2.74. The van der Waals surface area contributed by atoms with Crippen molar-refractivity contribution in [1.29, 1.82) is 0 Å². The maximum atomic E-state index is 12.1. The first kappa shape index (κ1) is 14.3. The highest BCUT2D eigenvalue weighted by Gasteiger charge is 2.19. The second-order valence-corrected chi connectivity index (χ2v) is 4.54. The van der Waals surface area contributed by atoms with Gasteiger partial charge in [0, 0.05) is 6.54 Å². The zero-order chi connectivity index (χ0) is 14.5. The molecule has 0 radical (unpaired) electrons. The zero-order valence-corrected chi connectivity index (χ0v) is 11.8. The molecule has 106 valence electrons. The lowest BCUT2D eigenvalue weighted by atomic mass is 10.0. The van der Waals surface area contributed by atoms with E-state index in [0.29, 0.717) is 17.9 Å². The molecule has 4 nitrogen and oxygen atoms in total. The van der Waals surface area contributed by atoms with Crippen LogP contribution in [-0.2, 0) is 4.74 Å². The molecule has 0 heterocycles. The number of benzene rings is 2. The van der Waals surface area contributed by atoms with Crippen LogP contribution in [0, 0.1) is 0 Å². The van der Waals surface area contributed by atoms with E-state index < -0.39 is 5.97 Å². The molecule has 2 rings (SSSR count). The molecule has 0 fully saturated rings. The molecule has 1 atom stereocenters. The summed E-state index contributed by atoms with van der Waals surface area (Å²) in [5.74, 6) is 0.122. The molecular formula is C16H19NO3. The van der Waals surface area contributed by atoms with Crippen LogP contribution in [0.15, 0.2) is 36.4 Å². The number of ether oxygens (including phenoxy) is 2. The Balaban J connectivity index is 2.55. The molecule has 0 aliphatic heterocycles. The third-order valence-corrected chi connectivity index (χ3v) is 3.29. The molecule has 2 aromatic carbocycles. The van der Waals surface area contributed by atoms with Crippen LogP contribution in [-0.4, -0.2) is 25.7 Å². The van der Waals surface area contributed by atoms with Crippen LogP contribution in [0.1, 0.15) is 23.7 Å². The quantitative estimate of drug-likeness (QED) is 0.851. The number of hydrogen-bond acceptors (Lipinski definition) is 4. The summed E-state index contributed by atoms with van der Waals surface area (Å²) in [5.41, 5.74) is 6.12. The molecule has 0 aliphatic rings. The van der Waals surface area contributed by atoms with Gasteiger partial charge in [-0.15, -0.1) is 0 Å². The Hall–Kier alpha value is -2.07. The van der Waals surface area contributed by atoms with Crippen LogP contribution in [0.3, 0.4) is 0 Å². The second kappa shape index (κ2) is 6.39. The standard InChI is InChI=1S/C16H19NO3/c1-3-12(10-17)20-14-9-8-11-6-4-5-7-13(11)15(14)16(18)19-2/h4-9,12H,3,10,17H2,1-2H3/t12-/m1/s1. The number of methoxy groups -OCH3 is 1. The Bertz CT molecular complexity index is 606. The molecule has 4 heteroatoms. The Morgan fingerprint density at radius 2 is 2.00 bits per heavy atom. The van der Waals surface area contributed by atoms with Gasteiger partial charge in [-0.3, -0.25) is 0 Å². The van der Waals surface area contributed by atoms with Crippen molar-refractivity contribution in [2.24, 2.45) is 5.73 Å². The molecule has 0 saturated heterocycles. The Kier molecular flexibility index (Phi) is 4.58. The van der Waals surface area contributed by atoms with Crippen molar-refractivity contribution >= 4 is 16.7 Å². The first-order valence-electron chi connectivity index (χ1n) is 6.68.